The van der Waals surface area contributed by atoms with E-state index in [0.717, 1.165) is 27.5 Å². The SMILES string of the molecule is c1ccc(-c2nc(-c3ccc4ccccc4c3)nc(-c3ccc4c5c(ccc4c3)C3(c4ccccc4S5)c4ccccc4-c4ccccc43)n2)cc1. The van der Waals surface area contributed by atoms with Gasteiger partial charge in [0.25, 0.3) is 0 Å². The summed E-state index contributed by atoms with van der Waals surface area (Å²) >= 11 is 1.88. The van der Waals surface area contributed by atoms with E-state index >= 15 is 0 Å². The summed E-state index contributed by atoms with van der Waals surface area (Å²) in [6.45, 7) is 0. The maximum Gasteiger partial charge on any atom is 0.164 e. The molecule has 2 heterocycles. The number of hydrogen-bond acceptors (Lipinski definition) is 4. The molecule has 0 unspecified atom stereocenters. The van der Waals surface area contributed by atoms with Crippen molar-refractivity contribution < 1.29 is 0 Å². The Morgan fingerprint density at radius 2 is 0.904 bits per heavy atom. The molecule has 2 aliphatic rings. The standard InChI is InChI=1S/C48H29N3S/c1-2-13-31(14-3-1)45-49-46(34-23-22-30-12-4-5-15-32(30)28-34)51-47(50-45)35-24-26-36-33(29-35)25-27-42-44(36)52-43-21-11-10-20-41(43)48(42)39-18-8-6-16-37(39)38-17-7-9-19-40(38)48/h1-29H. The number of rotatable bonds is 3. The first-order chi connectivity index (χ1) is 25.8. The number of hydrogen-bond donors (Lipinski definition) is 0. The number of nitrogens with zero attached hydrogens (tertiary/aromatic N) is 3. The molecule has 242 valence electrons. The van der Waals surface area contributed by atoms with E-state index in [-0.39, 0.29) is 0 Å². The number of aromatic nitrogens is 3. The fourth-order valence-electron chi connectivity index (χ4n) is 8.46. The van der Waals surface area contributed by atoms with Crippen LogP contribution in [0.4, 0.5) is 0 Å². The minimum Gasteiger partial charge on any atom is -0.208 e. The quantitative estimate of drug-likeness (QED) is 0.186. The Labute approximate surface area is 305 Å². The van der Waals surface area contributed by atoms with Gasteiger partial charge in [0, 0.05) is 26.5 Å². The Bertz CT molecular complexity index is 2850. The van der Waals surface area contributed by atoms with E-state index in [1.54, 1.807) is 0 Å². The van der Waals surface area contributed by atoms with Crippen molar-refractivity contribution >= 4 is 33.3 Å². The molecule has 1 aromatic heterocycles. The highest BCUT2D eigenvalue weighted by Gasteiger charge is 2.50. The van der Waals surface area contributed by atoms with E-state index in [1.807, 2.05) is 30.0 Å². The lowest BCUT2D eigenvalue weighted by Gasteiger charge is -2.40. The summed E-state index contributed by atoms with van der Waals surface area (Å²) < 4.78 is 0. The summed E-state index contributed by atoms with van der Waals surface area (Å²) in [5.74, 6) is 1.98. The summed E-state index contributed by atoms with van der Waals surface area (Å²) in [7, 11) is 0. The van der Waals surface area contributed by atoms with E-state index in [9.17, 15) is 0 Å². The molecule has 1 spiro atoms. The van der Waals surface area contributed by atoms with Crippen molar-refractivity contribution in [3.8, 4) is 45.3 Å². The van der Waals surface area contributed by atoms with Crippen LogP contribution < -0.4 is 0 Å². The van der Waals surface area contributed by atoms with Gasteiger partial charge in [-0.25, -0.2) is 15.0 Å². The number of fused-ring (bicyclic) bond motifs is 12. The Hall–Kier alpha value is -6.36. The normalized spacial score (nSPS) is 13.5. The van der Waals surface area contributed by atoms with Gasteiger partial charge in [-0.05, 0) is 73.1 Å². The molecule has 0 N–H and O–H groups in total. The topological polar surface area (TPSA) is 38.7 Å². The van der Waals surface area contributed by atoms with E-state index < -0.39 is 5.41 Å². The van der Waals surface area contributed by atoms with Gasteiger partial charge in [0.1, 0.15) is 0 Å². The Balaban J connectivity index is 1.11. The molecule has 0 atom stereocenters. The van der Waals surface area contributed by atoms with Crippen molar-refractivity contribution in [2.75, 3.05) is 0 Å². The van der Waals surface area contributed by atoms with Gasteiger partial charge >= 0.3 is 0 Å². The molecule has 1 aliphatic carbocycles. The van der Waals surface area contributed by atoms with Crippen molar-refractivity contribution in [2.45, 2.75) is 15.2 Å². The second-order valence-electron chi connectivity index (χ2n) is 13.6. The third-order valence-electron chi connectivity index (χ3n) is 10.8. The van der Waals surface area contributed by atoms with E-state index in [2.05, 4.69) is 158 Å². The summed E-state index contributed by atoms with van der Waals surface area (Å²) in [6, 6.07) is 63.2. The first-order valence-corrected chi connectivity index (χ1v) is 18.4. The maximum atomic E-state index is 5.11. The maximum absolute atomic E-state index is 5.11. The lowest BCUT2D eigenvalue weighted by molar-refractivity contribution is 0.726. The van der Waals surface area contributed by atoms with Crippen LogP contribution in [0, 0.1) is 0 Å². The van der Waals surface area contributed by atoms with Crippen LogP contribution in [-0.4, -0.2) is 15.0 Å². The molecule has 1 aliphatic heterocycles. The minimum absolute atomic E-state index is 0.398. The highest BCUT2D eigenvalue weighted by molar-refractivity contribution is 7.99. The van der Waals surface area contributed by atoms with E-state index in [1.165, 1.54) is 53.9 Å². The summed E-state index contributed by atoms with van der Waals surface area (Å²) in [5.41, 5.74) is 10.5. The lowest BCUT2D eigenvalue weighted by atomic mass is 9.67. The van der Waals surface area contributed by atoms with Crippen LogP contribution in [0.5, 0.6) is 0 Å². The first-order valence-electron chi connectivity index (χ1n) is 17.6. The molecule has 9 aromatic rings. The van der Waals surface area contributed by atoms with Gasteiger partial charge < -0.3 is 0 Å². The predicted molar refractivity (Wildman–Crippen MR) is 213 cm³/mol. The lowest BCUT2D eigenvalue weighted by Crippen LogP contribution is -2.32. The van der Waals surface area contributed by atoms with E-state index in [4.69, 9.17) is 15.0 Å². The largest absolute Gasteiger partial charge is 0.208 e. The van der Waals surface area contributed by atoms with Gasteiger partial charge in [-0.3, -0.25) is 0 Å². The van der Waals surface area contributed by atoms with Gasteiger partial charge in [-0.15, -0.1) is 0 Å². The molecular weight excluding hydrogens is 651 g/mol. The first kappa shape index (κ1) is 29.4. The molecule has 4 heteroatoms. The smallest absolute Gasteiger partial charge is 0.164 e. The van der Waals surface area contributed by atoms with Crippen LogP contribution in [0.1, 0.15) is 22.3 Å². The fourth-order valence-corrected chi connectivity index (χ4v) is 9.78. The molecule has 0 saturated carbocycles. The monoisotopic (exact) mass is 679 g/mol. The Kier molecular flexibility index (Phi) is 6.40. The highest BCUT2D eigenvalue weighted by atomic mass is 32.2. The van der Waals surface area contributed by atoms with Crippen molar-refractivity contribution in [3.05, 3.63) is 198 Å². The van der Waals surface area contributed by atoms with Crippen LogP contribution >= 0.6 is 11.8 Å². The van der Waals surface area contributed by atoms with Crippen LogP contribution in [0.3, 0.4) is 0 Å². The summed E-state index contributed by atoms with van der Waals surface area (Å²) in [4.78, 5) is 17.8. The average molecular weight is 680 g/mol. The molecule has 0 fully saturated rings. The molecular formula is C48H29N3S. The van der Waals surface area contributed by atoms with Crippen LogP contribution in [0.25, 0.3) is 66.8 Å². The zero-order chi connectivity index (χ0) is 34.2. The number of benzene rings is 8. The average Bonchev–Trinajstić information content (AvgIpc) is 3.51. The van der Waals surface area contributed by atoms with Crippen molar-refractivity contribution in [3.63, 3.8) is 0 Å². The molecule has 0 amide bonds. The summed E-state index contributed by atoms with van der Waals surface area (Å²) in [5, 5.41) is 4.73. The van der Waals surface area contributed by atoms with Gasteiger partial charge in [-0.1, -0.05) is 169 Å². The van der Waals surface area contributed by atoms with Crippen LogP contribution in [0.15, 0.2) is 186 Å². The molecule has 8 aromatic carbocycles. The van der Waals surface area contributed by atoms with Gasteiger partial charge in [0.2, 0.25) is 0 Å². The van der Waals surface area contributed by atoms with Crippen molar-refractivity contribution in [1.82, 2.24) is 15.0 Å². The van der Waals surface area contributed by atoms with Gasteiger partial charge in [0.15, 0.2) is 17.5 Å². The molecule has 0 saturated heterocycles. The van der Waals surface area contributed by atoms with Crippen molar-refractivity contribution in [1.29, 1.82) is 0 Å². The zero-order valence-corrected chi connectivity index (χ0v) is 28.8. The second-order valence-corrected chi connectivity index (χ2v) is 14.6. The van der Waals surface area contributed by atoms with Gasteiger partial charge in [0.05, 0.1) is 5.41 Å². The molecule has 11 rings (SSSR count). The Morgan fingerprint density at radius 3 is 1.63 bits per heavy atom. The molecule has 52 heavy (non-hydrogen) atoms. The third-order valence-corrected chi connectivity index (χ3v) is 12.0. The molecule has 0 bridgehead atoms. The van der Waals surface area contributed by atoms with Gasteiger partial charge in [-0.2, -0.15) is 0 Å². The predicted octanol–water partition coefficient (Wildman–Crippen LogP) is 12.0. The second kappa shape index (κ2) is 11.3. The molecule has 3 nitrogen and oxygen atoms in total. The van der Waals surface area contributed by atoms with Crippen LogP contribution in [0.2, 0.25) is 0 Å². The van der Waals surface area contributed by atoms with Crippen LogP contribution in [-0.2, 0) is 5.41 Å². The highest BCUT2D eigenvalue weighted by Crippen LogP contribution is 2.62. The summed E-state index contributed by atoms with van der Waals surface area (Å²) in [6.07, 6.45) is 0. The minimum atomic E-state index is -0.398. The Morgan fingerprint density at radius 1 is 0.365 bits per heavy atom. The molecule has 0 radical (unpaired) electrons. The van der Waals surface area contributed by atoms with Crippen molar-refractivity contribution in [2.24, 2.45) is 0 Å². The fraction of sp³-hybridized carbons (Fsp3) is 0.0208. The third kappa shape index (κ3) is 4.25. The zero-order valence-electron chi connectivity index (χ0n) is 28.0. The van der Waals surface area contributed by atoms with E-state index in [0.29, 0.717) is 17.5 Å².